The van der Waals surface area contributed by atoms with Crippen molar-refractivity contribution >= 4 is 23.9 Å². The highest BCUT2D eigenvalue weighted by Gasteiger charge is 2.18. The fraction of sp³-hybridized carbons (Fsp3) is 0.222. The molecule has 0 saturated carbocycles. The summed E-state index contributed by atoms with van der Waals surface area (Å²) in [5, 5.41) is 57.3. The molecule has 0 spiro atoms. The molecular weight excluding hydrogens is 656 g/mol. The van der Waals surface area contributed by atoms with E-state index in [0.717, 1.165) is 22.3 Å². The topological polar surface area (TPSA) is 227 Å². The van der Waals surface area contributed by atoms with Crippen molar-refractivity contribution in [3.8, 4) is 34.5 Å². The molecule has 0 aromatic heterocycles. The molecule has 14 heteroatoms. The van der Waals surface area contributed by atoms with E-state index in [2.05, 4.69) is 0 Å². The van der Waals surface area contributed by atoms with Crippen LogP contribution in [0.25, 0.3) is 0 Å². The molecule has 0 radical (unpaired) electrons. The molecule has 0 aliphatic rings. The number of aliphatic carboxylic acids is 4. The zero-order chi connectivity index (χ0) is 36.2. The maximum absolute atomic E-state index is 11.2. The highest BCUT2D eigenvalue weighted by Crippen LogP contribution is 2.37. The SMILES string of the molecule is O=C(O)COc1cc(OCC(=O)O)c(Cc2ccccc2CCc2ccccc2Cc2cc(O)c(OCC(=O)O)cc2OCC(=O)O)cc1O. The Labute approximate surface area is 285 Å². The molecule has 14 nitrogen and oxygen atoms in total. The third-order valence-electron chi connectivity index (χ3n) is 7.35. The number of phenols is 2. The highest BCUT2D eigenvalue weighted by molar-refractivity contribution is 5.70. The number of phenolic OH excluding ortho intramolecular Hbond substituents is 2. The van der Waals surface area contributed by atoms with Gasteiger partial charge in [-0.15, -0.1) is 0 Å². The normalized spacial score (nSPS) is 10.6. The van der Waals surface area contributed by atoms with E-state index < -0.39 is 50.3 Å². The first-order valence-corrected chi connectivity index (χ1v) is 15.1. The van der Waals surface area contributed by atoms with Gasteiger partial charge in [0.15, 0.2) is 49.4 Å². The largest absolute Gasteiger partial charge is 0.504 e. The lowest BCUT2D eigenvalue weighted by Crippen LogP contribution is -2.12. The maximum atomic E-state index is 11.2. The molecule has 4 rings (SSSR count). The fourth-order valence-corrected chi connectivity index (χ4v) is 5.15. The van der Waals surface area contributed by atoms with Gasteiger partial charge in [0.2, 0.25) is 0 Å². The average Bonchev–Trinajstić information content (AvgIpc) is 3.06. The van der Waals surface area contributed by atoms with E-state index in [1.54, 1.807) is 0 Å². The molecule has 0 heterocycles. The number of hydrogen-bond donors (Lipinski definition) is 6. The van der Waals surface area contributed by atoms with E-state index in [4.69, 9.17) is 29.2 Å². The van der Waals surface area contributed by atoms with Gasteiger partial charge in [0.05, 0.1) is 0 Å². The summed E-state index contributed by atoms with van der Waals surface area (Å²) in [7, 11) is 0. The van der Waals surface area contributed by atoms with Crippen LogP contribution in [-0.4, -0.2) is 80.9 Å². The molecule has 0 amide bonds. The van der Waals surface area contributed by atoms with Gasteiger partial charge < -0.3 is 49.6 Å². The second kappa shape index (κ2) is 17.1. The van der Waals surface area contributed by atoms with Crippen molar-refractivity contribution in [1.29, 1.82) is 0 Å². The van der Waals surface area contributed by atoms with Crippen LogP contribution in [0.3, 0.4) is 0 Å². The van der Waals surface area contributed by atoms with Crippen LogP contribution in [-0.2, 0) is 44.9 Å². The van der Waals surface area contributed by atoms with E-state index in [-0.39, 0.29) is 47.3 Å². The van der Waals surface area contributed by atoms with Crippen molar-refractivity contribution in [3.63, 3.8) is 0 Å². The summed E-state index contributed by atoms with van der Waals surface area (Å²) < 4.78 is 21.2. The number of ether oxygens (including phenoxy) is 4. The Morgan fingerprint density at radius 1 is 0.420 bits per heavy atom. The molecule has 0 atom stereocenters. The van der Waals surface area contributed by atoms with Gasteiger partial charge in [-0.25, -0.2) is 19.2 Å². The van der Waals surface area contributed by atoms with Gasteiger partial charge in [-0.05, 0) is 47.2 Å². The fourth-order valence-electron chi connectivity index (χ4n) is 5.15. The van der Waals surface area contributed by atoms with Crippen molar-refractivity contribution < 1.29 is 68.8 Å². The van der Waals surface area contributed by atoms with Gasteiger partial charge in [0.1, 0.15) is 11.5 Å². The summed E-state index contributed by atoms with van der Waals surface area (Å²) in [6.07, 6.45) is 1.58. The number of rotatable bonds is 19. The smallest absolute Gasteiger partial charge is 0.341 e. The molecule has 4 aromatic carbocycles. The van der Waals surface area contributed by atoms with Gasteiger partial charge in [-0.3, -0.25) is 0 Å². The van der Waals surface area contributed by atoms with Crippen LogP contribution >= 0.6 is 0 Å². The average molecular weight is 691 g/mol. The van der Waals surface area contributed by atoms with Gasteiger partial charge in [-0.2, -0.15) is 0 Å². The minimum absolute atomic E-state index is 0.106. The predicted octanol–water partition coefficient (Wildman–Crippen LogP) is 3.92. The number of hydrogen-bond acceptors (Lipinski definition) is 10. The second-order valence-corrected chi connectivity index (χ2v) is 11.0. The molecule has 0 bridgehead atoms. The zero-order valence-corrected chi connectivity index (χ0v) is 26.5. The van der Waals surface area contributed by atoms with E-state index in [1.165, 1.54) is 24.3 Å². The Hall–Kier alpha value is -6.44. The van der Waals surface area contributed by atoms with Crippen molar-refractivity contribution in [1.82, 2.24) is 0 Å². The first kappa shape index (κ1) is 36.4. The molecule has 0 aliphatic heterocycles. The monoisotopic (exact) mass is 690 g/mol. The maximum Gasteiger partial charge on any atom is 0.341 e. The highest BCUT2D eigenvalue weighted by atomic mass is 16.5. The van der Waals surface area contributed by atoms with Crippen LogP contribution in [0.1, 0.15) is 33.4 Å². The van der Waals surface area contributed by atoms with E-state index in [1.807, 2.05) is 48.5 Å². The van der Waals surface area contributed by atoms with Crippen LogP contribution in [0.5, 0.6) is 34.5 Å². The Kier molecular flexibility index (Phi) is 12.5. The third kappa shape index (κ3) is 10.5. The van der Waals surface area contributed by atoms with Crippen molar-refractivity contribution in [2.75, 3.05) is 26.4 Å². The quantitative estimate of drug-likeness (QED) is 0.0820. The zero-order valence-electron chi connectivity index (χ0n) is 26.5. The molecule has 0 fully saturated rings. The Balaban J connectivity index is 1.58. The van der Waals surface area contributed by atoms with Crippen LogP contribution in [0.2, 0.25) is 0 Å². The number of carboxylic acids is 4. The van der Waals surface area contributed by atoms with Gasteiger partial charge in [0.25, 0.3) is 0 Å². The molecule has 0 aliphatic carbocycles. The summed E-state index contributed by atoms with van der Waals surface area (Å²) in [5.74, 6) is -5.79. The lowest BCUT2D eigenvalue weighted by Gasteiger charge is -2.17. The first-order chi connectivity index (χ1) is 23.9. The molecule has 262 valence electrons. The lowest BCUT2D eigenvalue weighted by molar-refractivity contribution is -0.140. The van der Waals surface area contributed by atoms with Crippen LogP contribution < -0.4 is 18.9 Å². The second-order valence-electron chi connectivity index (χ2n) is 11.0. The summed E-state index contributed by atoms with van der Waals surface area (Å²) in [4.78, 5) is 44.4. The predicted molar refractivity (Wildman–Crippen MR) is 175 cm³/mol. The first-order valence-electron chi connectivity index (χ1n) is 15.1. The van der Waals surface area contributed by atoms with E-state index in [0.29, 0.717) is 24.0 Å². The molecule has 0 saturated heterocycles. The van der Waals surface area contributed by atoms with Crippen LogP contribution in [0, 0.1) is 0 Å². The standard InChI is InChI=1S/C36H34O14/c37-27-13-25(29(47-17-33(39)40)15-31(27)49-19-35(43)44)11-23-7-3-1-5-21(23)9-10-22-6-2-4-8-24(22)12-26-14-28(38)32(50-20-36(45)46)16-30(26)48-18-34(41)42/h1-8,13-16,37-38H,9-12,17-20H2,(H,39,40)(H,41,42)(H,43,44)(H,45,46). The molecule has 50 heavy (non-hydrogen) atoms. The summed E-state index contributed by atoms with van der Waals surface area (Å²) in [5.41, 5.74) is 4.50. The Morgan fingerprint density at radius 2 is 0.720 bits per heavy atom. The molecule has 0 unspecified atom stereocenters. The van der Waals surface area contributed by atoms with Crippen LogP contribution in [0.15, 0.2) is 72.8 Å². The van der Waals surface area contributed by atoms with Gasteiger partial charge in [-0.1, -0.05) is 48.5 Å². The molecule has 4 aromatic rings. The van der Waals surface area contributed by atoms with Gasteiger partial charge >= 0.3 is 23.9 Å². The number of aryl methyl sites for hydroxylation is 2. The number of benzene rings is 4. The summed E-state index contributed by atoms with van der Waals surface area (Å²) >= 11 is 0. The van der Waals surface area contributed by atoms with E-state index in [9.17, 15) is 39.6 Å². The third-order valence-corrected chi connectivity index (χ3v) is 7.35. The van der Waals surface area contributed by atoms with Crippen molar-refractivity contribution in [3.05, 3.63) is 106 Å². The summed E-state index contributed by atoms with van der Waals surface area (Å²) in [6, 6.07) is 20.3. The van der Waals surface area contributed by atoms with Gasteiger partial charge in [0, 0.05) is 36.1 Å². The van der Waals surface area contributed by atoms with Crippen LogP contribution in [0.4, 0.5) is 0 Å². The van der Waals surface area contributed by atoms with Crippen molar-refractivity contribution in [2.45, 2.75) is 25.7 Å². The number of aromatic hydroxyl groups is 2. The Bertz CT molecular complexity index is 1730. The van der Waals surface area contributed by atoms with E-state index >= 15 is 0 Å². The molecule has 6 N–H and O–H groups in total. The summed E-state index contributed by atoms with van der Waals surface area (Å²) in [6.45, 7) is -2.79. The lowest BCUT2D eigenvalue weighted by atomic mass is 9.92. The number of carbonyl (C=O) groups is 4. The minimum Gasteiger partial charge on any atom is -0.504 e. The Morgan fingerprint density at radius 3 is 1.04 bits per heavy atom. The van der Waals surface area contributed by atoms with Crippen molar-refractivity contribution in [2.24, 2.45) is 0 Å². The minimum atomic E-state index is -1.26. The number of carboxylic acid groups (broad SMARTS) is 4. The molecular formula is C36H34O14.